The zero-order chi connectivity index (χ0) is 79.4. The lowest BCUT2D eigenvalue weighted by Gasteiger charge is -2.30. The second-order valence-corrected chi connectivity index (χ2v) is 29.8. The number of rotatable bonds is 51. The molecule has 0 bridgehead atoms. The van der Waals surface area contributed by atoms with Crippen molar-refractivity contribution < 1.29 is 52.7 Å². The molecule has 0 aliphatic rings. The van der Waals surface area contributed by atoms with Crippen LogP contribution in [0, 0.1) is 23.7 Å². The van der Waals surface area contributed by atoms with Crippen LogP contribution in [-0.4, -0.2) is 168 Å². The van der Waals surface area contributed by atoms with Gasteiger partial charge in [0.1, 0.15) is 60.4 Å². The van der Waals surface area contributed by atoms with Gasteiger partial charge in [0.05, 0.1) is 6.04 Å². The number of fused-ring (bicyclic) bond motifs is 2. The van der Waals surface area contributed by atoms with Gasteiger partial charge in [-0.15, -0.1) is 0 Å². The Morgan fingerprint density at radius 3 is 1.06 bits per heavy atom. The minimum atomic E-state index is -1.33. The van der Waals surface area contributed by atoms with E-state index < -0.39 is 137 Å². The molecule has 0 unspecified atom stereocenters. The summed E-state index contributed by atoms with van der Waals surface area (Å²) in [5.74, 6) is -8.65. The van der Waals surface area contributed by atoms with E-state index in [1.807, 2.05) is 97.0 Å². The Labute approximate surface area is 635 Å². The fourth-order valence-electron chi connectivity index (χ4n) is 13.0. The number of carbonyl (C=O) groups excluding carboxylic acids is 11. The Morgan fingerprint density at radius 2 is 0.667 bits per heavy atom. The molecule has 0 saturated carbocycles. The molecular formula is C79H124N18O11. The molecule has 0 fully saturated rings. The van der Waals surface area contributed by atoms with E-state index in [1.165, 1.54) is 0 Å². The van der Waals surface area contributed by atoms with Crippen molar-refractivity contribution in [2.24, 2.45) is 58.1 Å². The fourth-order valence-corrected chi connectivity index (χ4v) is 13.0. The molecular weight excluding hydrogens is 1380 g/mol. The largest absolute Gasteiger partial charge is 0.368 e. The molecule has 5 rings (SSSR count). The molecule has 3 aromatic carbocycles. The lowest BCUT2D eigenvalue weighted by molar-refractivity contribution is -0.137. The number of amides is 11. The summed E-state index contributed by atoms with van der Waals surface area (Å²) in [5, 5.41) is 30.2. The van der Waals surface area contributed by atoms with Crippen LogP contribution in [0.3, 0.4) is 0 Å². The van der Waals surface area contributed by atoms with E-state index in [-0.39, 0.29) is 102 Å². The van der Waals surface area contributed by atoms with Gasteiger partial charge in [0.25, 0.3) is 0 Å². The first-order valence-corrected chi connectivity index (χ1v) is 38.6. The molecule has 2 heterocycles. The van der Waals surface area contributed by atoms with Crippen LogP contribution in [0.25, 0.3) is 21.8 Å². The fraction of sp³-hybridized carbons (Fsp3) is 0.582. The number of hydrogen-bond acceptors (Lipinski definition) is 16. The van der Waals surface area contributed by atoms with Gasteiger partial charge >= 0.3 is 0 Å². The molecule has 24 N–H and O–H groups in total. The summed E-state index contributed by atoms with van der Waals surface area (Å²) in [4.78, 5) is 165. The smallest absolute Gasteiger partial charge is 0.243 e. The highest BCUT2D eigenvalue weighted by Gasteiger charge is 2.38. The molecule has 29 heteroatoms. The van der Waals surface area contributed by atoms with Crippen molar-refractivity contribution in [2.75, 3.05) is 26.2 Å². The average Bonchev–Trinajstić information content (AvgIpc) is 1.64. The summed E-state index contributed by atoms with van der Waals surface area (Å²) in [5.41, 5.74) is 39.7. The van der Waals surface area contributed by atoms with E-state index in [4.69, 9.17) is 34.4 Å². The molecule has 12 atom stereocenters. The quantitative estimate of drug-likeness (QED) is 0.0249. The summed E-state index contributed by atoms with van der Waals surface area (Å²) >= 11 is 0. The topological polar surface area (TPSA) is 496 Å². The molecule has 0 aliphatic heterocycles. The third kappa shape index (κ3) is 29.7. The first-order valence-electron chi connectivity index (χ1n) is 38.6. The standard InChI is InChI=1S/C79H124N18O11/c1-9-50(8)68(79(108)96-65(41-49(6)7)75(104)90-61(33-19-23-37-82)73(102)95-67(78(107)92-63(69(85)98)39-47(2)3)44-53-46-87-58-30-16-14-28-55(53)58)97-74(103)62(34-20-24-38-83)89-71(100)60(32-18-22-36-81)91-77(106)66(42-51-25-11-10-12-26-51)94-76(105)64(40-48(4)5)93-72(101)59(31-17-21-35-80)88-70(99)56(84)43-52-45-86-57-29-15-13-27-54(52)57/h10-16,25-30,45-50,56,59-68,86-87H,9,17-24,31-44,80-84H2,1-8H3,(H2,85,98)(H,88,99)(H,89,100)(H,90,104)(H,91,106)(H,92,107)(H,93,101)(H,94,105)(H,95,102)(H,96,108)(H,97,103)/t50-,56-,59-,60-,61-,62-,63-,64-,65-,66-,67-,68-/m0/s1. The number of aromatic amines is 2. The maximum atomic E-state index is 15.0. The summed E-state index contributed by atoms with van der Waals surface area (Å²) in [6, 6.07) is 10.6. The van der Waals surface area contributed by atoms with Crippen molar-refractivity contribution in [1.29, 1.82) is 0 Å². The average molecular weight is 1500 g/mol. The van der Waals surface area contributed by atoms with Crippen LogP contribution < -0.4 is 87.6 Å². The molecule has 2 aromatic heterocycles. The summed E-state index contributed by atoms with van der Waals surface area (Å²) in [6.45, 7) is 15.9. The Hall–Kier alpha value is -9.29. The highest BCUT2D eigenvalue weighted by atomic mass is 16.2. The van der Waals surface area contributed by atoms with Crippen LogP contribution >= 0.6 is 0 Å². The number of unbranched alkanes of at least 4 members (excludes halogenated alkanes) is 4. The molecule has 5 aromatic rings. The maximum Gasteiger partial charge on any atom is 0.243 e. The third-order valence-corrected chi connectivity index (χ3v) is 19.3. The highest BCUT2D eigenvalue weighted by Crippen LogP contribution is 2.23. The molecule has 0 radical (unpaired) electrons. The van der Waals surface area contributed by atoms with E-state index in [0.29, 0.717) is 75.5 Å². The lowest BCUT2D eigenvalue weighted by atomic mass is 9.95. The lowest BCUT2D eigenvalue weighted by Crippen LogP contribution is -2.61. The Kier molecular flexibility index (Phi) is 38.7. The van der Waals surface area contributed by atoms with Gasteiger partial charge in [-0.2, -0.15) is 0 Å². The van der Waals surface area contributed by atoms with Gasteiger partial charge in [-0.1, -0.05) is 129 Å². The minimum absolute atomic E-state index is 0.00693. The van der Waals surface area contributed by atoms with E-state index >= 15 is 0 Å². The van der Waals surface area contributed by atoms with Gasteiger partial charge in [0.2, 0.25) is 65.0 Å². The zero-order valence-corrected chi connectivity index (χ0v) is 64.5. The normalized spacial score (nSPS) is 14.9. The summed E-state index contributed by atoms with van der Waals surface area (Å²) in [7, 11) is 0. The Morgan fingerprint density at radius 1 is 0.352 bits per heavy atom. The number of benzene rings is 3. The van der Waals surface area contributed by atoms with Crippen LogP contribution in [0.2, 0.25) is 0 Å². The number of aromatic nitrogens is 2. The molecule has 11 amide bonds. The number of carbonyl (C=O) groups is 11. The van der Waals surface area contributed by atoms with Crippen LogP contribution in [0.1, 0.15) is 175 Å². The number of para-hydroxylation sites is 2. The first-order chi connectivity index (χ1) is 51.6. The Bertz CT molecular complexity index is 3680. The zero-order valence-electron chi connectivity index (χ0n) is 64.5. The van der Waals surface area contributed by atoms with Gasteiger partial charge < -0.3 is 97.5 Å². The molecule has 0 saturated heterocycles. The first kappa shape index (κ1) is 89.3. The van der Waals surface area contributed by atoms with Gasteiger partial charge in [-0.3, -0.25) is 52.7 Å². The highest BCUT2D eigenvalue weighted by molar-refractivity contribution is 6.00. The van der Waals surface area contributed by atoms with Crippen molar-refractivity contribution in [1.82, 2.24) is 63.1 Å². The minimum Gasteiger partial charge on any atom is -0.368 e. The van der Waals surface area contributed by atoms with E-state index in [2.05, 4.69) is 63.1 Å². The van der Waals surface area contributed by atoms with Gasteiger partial charge in [0, 0.05) is 47.0 Å². The number of nitrogens with two attached hydrogens (primary N) is 6. The molecule has 0 aliphatic carbocycles. The predicted molar refractivity (Wildman–Crippen MR) is 420 cm³/mol. The monoisotopic (exact) mass is 1500 g/mol. The summed E-state index contributed by atoms with van der Waals surface area (Å²) < 4.78 is 0. The van der Waals surface area contributed by atoms with Crippen molar-refractivity contribution >= 4 is 86.8 Å². The second kappa shape index (κ2) is 46.8. The summed E-state index contributed by atoms with van der Waals surface area (Å²) in [6.07, 6.45) is 8.39. The number of H-pyrrole nitrogens is 2. The molecule has 108 heavy (non-hydrogen) atoms. The predicted octanol–water partition coefficient (Wildman–Crippen LogP) is 3.04. The van der Waals surface area contributed by atoms with Crippen LogP contribution in [0.4, 0.5) is 0 Å². The number of hydrogen-bond donors (Lipinski definition) is 18. The maximum absolute atomic E-state index is 15.0. The molecule has 596 valence electrons. The van der Waals surface area contributed by atoms with Crippen LogP contribution in [-0.2, 0) is 72.0 Å². The Balaban J connectivity index is 1.38. The van der Waals surface area contributed by atoms with Crippen molar-refractivity contribution in [2.45, 2.75) is 244 Å². The van der Waals surface area contributed by atoms with E-state index in [9.17, 15) is 52.7 Å². The van der Waals surface area contributed by atoms with Crippen molar-refractivity contribution in [3.63, 3.8) is 0 Å². The number of primary amides is 1. The third-order valence-electron chi connectivity index (χ3n) is 19.3. The van der Waals surface area contributed by atoms with Crippen molar-refractivity contribution in [3.8, 4) is 0 Å². The van der Waals surface area contributed by atoms with E-state index in [0.717, 1.165) is 27.4 Å². The molecule has 29 nitrogen and oxygen atoms in total. The SMILES string of the molecule is CC[C@H](C)[C@H](NC(=O)[C@H](CCCCN)NC(=O)[C@H](CCCCN)NC(=O)[C@H](Cc1ccccc1)NC(=O)[C@H](CC(C)C)NC(=O)[C@H](CCCCN)NC(=O)[C@@H](N)Cc1c[nH]c2ccccc12)C(=O)N[C@@H](CC(C)C)C(=O)N[C@@H](CCCCN)C(=O)N[C@@H](Cc1c[nH]c2ccccc12)C(=O)N[C@@H](CC(C)C)C(N)=O. The van der Waals surface area contributed by atoms with Crippen LogP contribution in [0.5, 0.6) is 0 Å². The number of nitrogens with one attached hydrogen (secondary N) is 12. The molecule has 0 spiro atoms. The van der Waals surface area contributed by atoms with Gasteiger partial charge in [-0.05, 0) is 181 Å². The van der Waals surface area contributed by atoms with Crippen LogP contribution in [0.15, 0.2) is 91.3 Å². The second-order valence-electron chi connectivity index (χ2n) is 29.8. The van der Waals surface area contributed by atoms with Crippen molar-refractivity contribution in [3.05, 3.63) is 108 Å². The van der Waals surface area contributed by atoms with E-state index in [1.54, 1.807) is 49.6 Å². The van der Waals surface area contributed by atoms with Gasteiger partial charge in [0.15, 0.2) is 0 Å². The van der Waals surface area contributed by atoms with Gasteiger partial charge in [-0.25, -0.2) is 0 Å².